The Kier molecular flexibility index (Phi) is 7.00. The van der Waals surface area contributed by atoms with Crippen molar-refractivity contribution in [3.8, 4) is 0 Å². The van der Waals surface area contributed by atoms with Gasteiger partial charge in [-0.25, -0.2) is 14.8 Å². The molecule has 1 aromatic carbocycles. The monoisotopic (exact) mass is 450 g/mol. The van der Waals surface area contributed by atoms with E-state index in [0.29, 0.717) is 12.3 Å². The molecule has 32 heavy (non-hydrogen) atoms. The first-order valence-electron chi connectivity index (χ1n) is 10.3. The Morgan fingerprint density at radius 1 is 1.16 bits per heavy atom. The lowest BCUT2D eigenvalue weighted by Gasteiger charge is -2.40. The van der Waals surface area contributed by atoms with Gasteiger partial charge in [0, 0.05) is 39.0 Å². The zero-order chi connectivity index (χ0) is 23.4. The summed E-state index contributed by atoms with van der Waals surface area (Å²) >= 11 is 0. The lowest BCUT2D eigenvalue weighted by molar-refractivity contribution is -0.192. The molecular formula is C22H25F3N4O3. The van der Waals surface area contributed by atoms with Crippen molar-refractivity contribution < 1.29 is 27.9 Å². The minimum absolute atomic E-state index is 0.131. The van der Waals surface area contributed by atoms with Crippen LogP contribution >= 0.6 is 0 Å². The number of hydrogen-bond donors (Lipinski definition) is 2. The first-order valence-corrected chi connectivity index (χ1v) is 10.3. The Morgan fingerprint density at radius 3 is 2.31 bits per heavy atom. The van der Waals surface area contributed by atoms with Gasteiger partial charge in [0.2, 0.25) is 11.9 Å². The second-order valence-electron chi connectivity index (χ2n) is 7.98. The van der Waals surface area contributed by atoms with E-state index in [0.717, 1.165) is 38.3 Å². The number of fused-ring (bicyclic) bond motifs is 2. The zero-order valence-corrected chi connectivity index (χ0v) is 17.6. The third-order valence-corrected chi connectivity index (χ3v) is 6.12. The third kappa shape index (κ3) is 5.17. The number of anilines is 1. The predicted molar refractivity (Wildman–Crippen MR) is 111 cm³/mol. The Hall–Kier alpha value is -3.17. The molecule has 2 aromatic rings. The Bertz CT molecular complexity index is 945. The van der Waals surface area contributed by atoms with Gasteiger partial charge in [-0.2, -0.15) is 13.2 Å². The van der Waals surface area contributed by atoms with E-state index in [-0.39, 0.29) is 11.3 Å². The van der Waals surface area contributed by atoms with Crippen LogP contribution in [0.2, 0.25) is 0 Å². The van der Waals surface area contributed by atoms with Gasteiger partial charge in [0.25, 0.3) is 0 Å². The maximum Gasteiger partial charge on any atom is 0.490 e. The molecule has 1 atom stereocenters. The summed E-state index contributed by atoms with van der Waals surface area (Å²) in [6, 6.07) is 10.6. The largest absolute Gasteiger partial charge is 0.490 e. The minimum Gasteiger partial charge on any atom is -0.475 e. The standard InChI is InChI=1S/C20H24N4O.C2HF3O2/c1-21-18(25)13-15-14-20(17-6-3-2-5-16(15)17)7-11-24(12-8-20)19-22-9-4-10-23-19;3-2(4,5)1(6)7/h2-6,9-10,15H,7-8,11-14H2,1H3,(H,21,25);(H,6,7). The number of piperidine rings is 1. The molecule has 4 rings (SSSR count). The molecule has 1 spiro atoms. The molecule has 2 N–H and O–H groups in total. The number of carbonyl (C=O) groups excluding carboxylic acids is 1. The normalized spacial score (nSPS) is 19.0. The molecule has 0 saturated carbocycles. The SMILES string of the molecule is CNC(=O)CC1CC2(CCN(c3ncccn3)CC2)c2ccccc21.O=C(O)C(F)(F)F. The number of aliphatic carboxylic acids is 1. The summed E-state index contributed by atoms with van der Waals surface area (Å²) in [6.45, 7) is 1.93. The molecule has 1 aliphatic carbocycles. The fourth-order valence-corrected chi connectivity index (χ4v) is 4.60. The predicted octanol–water partition coefficient (Wildman–Crippen LogP) is 3.27. The number of halogens is 3. The van der Waals surface area contributed by atoms with E-state index in [9.17, 15) is 18.0 Å². The first kappa shape index (κ1) is 23.5. The minimum atomic E-state index is -5.08. The van der Waals surface area contributed by atoms with Crippen molar-refractivity contribution in [3.05, 3.63) is 53.9 Å². The van der Waals surface area contributed by atoms with Crippen LogP contribution in [0.25, 0.3) is 0 Å². The van der Waals surface area contributed by atoms with Crippen molar-refractivity contribution in [2.24, 2.45) is 0 Å². The summed E-state index contributed by atoms with van der Waals surface area (Å²) in [4.78, 5) is 31.9. The van der Waals surface area contributed by atoms with Gasteiger partial charge in [0.05, 0.1) is 0 Å². The topological polar surface area (TPSA) is 95.4 Å². The average Bonchev–Trinajstić information content (AvgIpc) is 3.07. The van der Waals surface area contributed by atoms with Crippen molar-refractivity contribution in [2.75, 3.05) is 25.0 Å². The zero-order valence-electron chi connectivity index (χ0n) is 17.6. The second kappa shape index (κ2) is 9.54. The Morgan fingerprint density at radius 2 is 1.75 bits per heavy atom. The molecule has 2 aliphatic rings. The van der Waals surface area contributed by atoms with E-state index < -0.39 is 12.1 Å². The van der Waals surface area contributed by atoms with Crippen LogP contribution in [0.15, 0.2) is 42.7 Å². The molecule has 2 heterocycles. The number of rotatable bonds is 3. The number of carboxylic acid groups (broad SMARTS) is 1. The van der Waals surface area contributed by atoms with E-state index in [4.69, 9.17) is 9.90 Å². The van der Waals surface area contributed by atoms with Crippen LogP contribution in [0.4, 0.5) is 19.1 Å². The molecule has 1 amide bonds. The number of benzene rings is 1. The lowest BCUT2D eigenvalue weighted by Crippen LogP contribution is -2.42. The highest BCUT2D eigenvalue weighted by atomic mass is 19.4. The molecule has 1 unspecified atom stereocenters. The van der Waals surface area contributed by atoms with Crippen LogP contribution in [0.3, 0.4) is 0 Å². The Labute approximate surface area is 183 Å². The van der Waals surface area contributed by atoms with E-state index in [1.54, 1.807) is 19.4 Å². The number of aromatic nitrogens is 2. The molecule has 1 fully saturated rings. The van der Waals surface area contributed by atoms with Crippen LogP contribution in [0.1, 0.15) is 42.7 Å². The van der Waals surface area contributed by atoms with Gasteiger partial charge in [-0.1, -0.05) is 24.3 Å². The molecule has 172 valence electrons. The second-order valence-corrected chi connectivity index (χ2v) is 7.98. The molecule has 0 radical (unpaired) electrons. The number of nitrogens with zero attached hydrogens (tertiary/aromatic N) is 3. The van der Waals surface area contributed by atoms with E-state index in [1.807, 2.05) is 6.07 Å². The molecule has 10 heteroatoms. The molecule has 1 aromatic heterocycles. The molecule has 7 nitrogen and oxygen atoms in total. The van der Waals surface area contributed by atoms with E-state index in [2.05, 4.69) is 44.5 Å². The maximum absolute atomic E-state index is 11.9. The van der Waals surface area contributed by atoms with Gasteiger partial charge >= 0.3 is 12.1 Å². The molecule has 0 bridgehead atoms. The number of carbonyl (C=O) groups is 2. The molecule has 1 aliphatic heterocycles. The summed E-state index contributed by atoms with van der Waals surface area (Å²) in [5.41, 5.74) is 3.02. The smallest absolute Gasteiger partial charge is 0.475 e. The van der Waals surface area contributed by atoms with Crippen LogP contribution < -0.4 is 10.2 Å². The van der Waals surface area contributed by atoms with E-state index >= 15 is 0 Å². The van der Waals surface area contributed by atoms with E-state index in [1.165, 1.54) is 11.1 Å². The lowest BCUT2D eigenvalue weighted by atomic mass is 9.73. The summed E-state index contributed by atoms with van der Waals surface area (Å²) in [5, 5.41) is 9.90. The van der Waals surface area contributed by atoms with Crippen LogP contribution in [-0.2, 0) is 15.0 Å². The summed E-state index contributed by atoms with van der Waals surface area (Å²) in [5.74, 6) is -1.47. The van der Waals surface area contributed by atoms with Gasteiger partial charge in [-0.3, -0.25) is 4.79 Å². The van der Waals surface area contributed by atoms with Crippen molar-refractivity contribution in [1.29, 1.82) is 0 Å². The molecule has 1 saturated heterocycles. The van der Waals surface area contributed by atoms with Crippen molar-refractivity contribution >= 4 is 17.8 Å². The van der Waals surface area contributed by atoms with Gasteiger partial charge in [-0.05, 0) is 47.8 Å². The van der Waals surface area contributed by atoms with Crippen LogP contribution in [0, 0.1) is 0 Å². The Balaban J connectivity index is 0.000000360. The number of nitrogens with one attached hydrogen (secondary N) is 1. The van der Waals surface area contributed by atoms with Gasteiger partial charge in [0.15, 0.2) is 0 Å². The maximum atomic E-state index is 11.9. The van der Waals surface area contributed by atoms with Crippen LogP contribution in [-0.4, -0.2) is 53.3 Å². The van der Waals surface area contributed by atoms with Gasteiger partial charge in [-0.15, -0.1) is 0 Å². The summed E-state index contributed by atoms with van der Waals surface area (Å²) in [7, 11) is 1.72. The highest BCUT2D eigenvalue weighted by Crippen LogP contribution is 2.52. The molecular weight excluding hydrogens is 425 g/mol. The number of carboxylic acids is 1. The van der Waals surface area contributed by atoms with Crippen molar-refractivity contribution in [3.63, 3.8) is 0 Å². The fourth-order valence-electron chi connectivity index (χ4n) is 4.60. The summed E-state index contributed by atoms with van der Waals surface area (Å²) < 4.78 is 31.7. The number of alkyl halides is 3. The third-order valence-electron chi connectivity index (χ3n) is 6.12. The van der Waals surface area contributed by atoms with Gasteiger partial charge in [0.1, 0.15) is 0 Å². The number of hydrogen-bond acceptors (Lipinski definition) is 5. The average molecular weight is 450 g/mol. The highest BCUT2D eigenvalue weighted by molar-refractivity contribution is 5.77. The number of amides is 1. The van der Waals surface area contributed by atoms with Crippen molar-refractivity contribution in [2.45, 2.75) is 43.2 Å². The first-order chi connectivity index (χ1) is 15.2. The summed E-state index contributed by atoms with van der Waals surface area (Å²) in [6.07, 6.45) is 2.36. The van der Waals surface area contributed by atoms with Crippen molar-refractivity contribution in [1.82, 2.24) is 15.3 Å². The van der Waals surface area contributed by atoms with Crippen LogP contribution in [0.5, 0.6) is 0 Å². The quantitative estimate of drug-likeness (QED) is 0.745. The fraction of sp³-hybridized carbons (Fsp3) is 0.455. The van der Waals surface area contributed by atoms with Gasteiger partial charge < -0.3 is 15.3 Å². The highest BCUT2D eigenvalue weighted by Gasteiger charge is 2.45.